The van der Waals surface area contributed by atoms with Crippen molar-refractivity contribution in [2.24, 2.45) is 17.3 Å². The first-order valence-electron chi connectivity index (χ1n) is 25.1. The SMILES string of the molecule is C=CC(=O)N1CC[C@H](C(=O)N(C)C(C(=O)N[C@H]2Cc3cc(OC(=O)NCC(=O)O)cc(c3)-c3ccc4c(c3)c(c(-c3ccccc3CCOC)n4CC)CC(C)(C)COC(=O)[C@@H]3CCCN(N3)C2=O)C(C)C)C1. The lowest BCUT2D eigenvalue weighted by atomic mass is 9.83. The number of hydrazine groups is 1. The Morgan fingerprint density at radius 3 is 2.51 bits per heavy atom. The van der Waals surface area contributed by atoms with Gasteiger partial charge in [0.05, 0.1) is 24.8 Å². The van der Waals surface area contributed by atoms with Crippen molar-refractivity contribution in [2.75, 3.05) is 53.6 Å². The van der Waals surface area contributed by atoms with Gasteiger partial charge in [-0.2, -0.15) is 0 Å². The van der Waals surface area contributed by atoms with Gasteiger partial charge in [0.1, 0.15) is 30.4 Å². The lowest BCUT2D eigenvalue weighted by Crippen LogP contribution is -2.62. The van der Waals surface area contributed by atoms with Crippen molar-refractivity contribution in [1.82, 2.24) is 35.4 Å². The minimum absolute atomic E-state index is 0.0486. The minimum atomic E-state index is -1.29. The number of hydrogen-bond donors (Lipinski definition) is 4. The van der Waals surface area contributed by atoms with E-state index in [1.165, 1.54) is 16.0 Å². The molecule has 390 valence electrons. The first-order chi connectivity index (χ1) is 34.8. The molecule has 18 heteroatoms. The maximum absolute atomic E-state index is 15.0. The highest BCUT2D eigenvalue weighted by Crippen LogP contribution is 2.42. The van der Waals surface area contributed by atoms with Crippen LogP contribution < -0.4 is 20.8 Å². The molecule has 5 amide bonds. The zero-order valence-corrected chi connectivity index (χ0v) is 43.0. The standard InChI is InChI=1S/C55H69N7O11/c1-9-46(63)60-22-19-37(31-60)51(67)59(7)48(33(3)4)50(66)57-44-26-34-24-38(27-39(25-34)73-54(70)56-30-47(64)65)36-17-18-45-41(28-36)42(49(61(45)10-2)40-15-12-11-14-35(40)20-23-71-8)29-55(5,6)32-72-53(69)43-16-13-21-62(58-43)52(44)68/h9,11-12,14-15,17-18,24-25,27-28,33,37,43-44,48,58H,1,10,13,16,19-23,26,29-32H2,2-8H3,(H,56,70)(H,57,66)(H,64,65)/t37-,43-,44-,48?/m0/s1. The number of amides is 5. The van der Waals surface area contributed by atoms with Crippen LogP contribution in [-0.2, 0) is 64.0 Å². The second-order valence-corrected chi connectivity index (χ2v) is 20.3. The zero-order chi connectivity index (χ0) is 52.7. The van der Waals surface area contributed by atoms with Gasteiger partial charge in [0.15, 0.2) is 0 Å². The maximum atomic E-state index is 15.0. The molecule has 1 unspecified atom stereocenters. The largest absolute Gasteiger partial charge is 0.480 e. The summed E-state index contributed by atoms with van der Waals surface area (Å²) in [6.07, 6.45) is 2.49. The van der Waals surface area contributed by atoms with Gasteiger partial charge in [-0.15, -0.1) is 0 Å². The van der Waals surface area contributed by atoms with E-state index >= 15 is 0 Å². The molecule has 18 nitrogen and oxygen atoms in total. The van der Waals surface area contributed by atoms with Crippen LogP contribution in [-0.4, -0.2) is 138 Å². The van der Waals surface area contributed by atoms with Crippen molar-refractivity contribution < 1.29 is 52.9 Å². The number of benzene rings is 3. The number of rotatable bonds is 14. The van der Waals surface area contributed by atoms with Crippen molar-refractivity contribution in [1.29, 1.82) is 0 Å². The number of aryl methyl sites for hydroxylation is 1. The second-order valence-electron chi connectivity index (χ2n) is 20.3. The van der Waals surface area contributed by atoms with Crippen molar-refractivity contribution in [3.8, 4) is 28.1 Å². The van der Waals surface area contributed by atoms with Crippen LogP contribution in [0, 0.1) is 17.3 Å². The number of carbonyl (C=O) groups excluding carboxylic acids is 6. The Morgan fingerprint density at radius 1 is 1.03 bits per heavy atom. The van der Waals surface area contributed by atoms with E-state index in [1.807, 2.05) is 30.3 Å². The summed E-state index contributed by atoms with van der Waals surface area (Å²) >= 11 is 0. The van der Waals surface area contributed by atoms with E-state index in [2.05, 4.69) is 66.2 Å². The third kappa shape index (κ3) is 12.4. The number of esters is 1. The number of likely N-dealkylation sites (N-methyl/N-ethyl adjacent to an activating group) is 1. The van der Waals surface area contributed by atoms with Crippen LogP contribution in [0.2, 0.25) is 0 Å². The molecule has 4 aromatic rings. The molecule has 3 aliphatic heterocycles. The fourth-order valence-electron chi connectivity index (χ4n) is 10.4. The average Bonchev–Trinajstić information content (AvgIpc) is 3.98. The summed E-state index contributed by atoms with van der Waals surface area (Å²) in [4.78, 5) is 97.6. The number of aromatic nitrogens is 1. The van der Waals surface area contributed by atoms with E-state index in [9.17, 15) is 38.7 Å². The summed E-state index contributed by atoms with van der Waals surface area (Å²) < 4.78 is 19.7. The Bertz CT molecular complexity index is 2770. The summed E-state index contributed by atoms with van der Waals surface area (Å²) in [6, 6.07) is 16.2. The molecule has 2 saturated heterocycles. The number of cyclic esters (lactones) is 1. The Hall–Kier alpha value is -7.05. The molecule has 0 radical (unpaired) electrons. The number of carbonyl (C=O) groups is 7. The molecule has 4 atom stereocenters. The van der Waals surface area contributed by atoms with Crippen LogP contribution >= 0.6 is 0 Å². The van der Waals surface area contributed by atoms with E-state index in [4.69, 9.17) is 14.2 Å². The monoisotopic (exact) mass is 1000 g/mol. The summed E-state index contributed by atoms with van der Waals surface area (Å²) in [5, 5.41) is 16.8. The van der Waals surface area contributed by atoms with E-state index in [-0.39, 0.29) is 43.7 Å². The second kappa shape index (κ2) is 23.2. The topological polar surface area (TPSA) is 218 Å². The van der Waals surface area contributed by atoms with Gasteiger partial charge < -0.3 is 44.3 Å². The number of fused-ring (bicyclic) bond motifs is 6. The fourth-order valence-corrected chi connectivity index (χ4v) is 10.4. The predicted octanol–water partition coefficient (Wildman–Crippen LogP) is 5.52. The molecule has 3 aromatic carbocycles. The molecular weight excluding hydrogens is 935 g/mol. The molecule has 2 fully saturated rings. The van der Waals surface area contributed by atoms with Gasteiger partial charge in [0.2, 0.25) is 17.7 Å². The number of nitrogens with one attached hydrogen (secondary N) is 3. The normalized spacial score (nSPS) is 19.4. The van der Waals surface area contributed by atoms with Gasteiger partial charge >= 0.3 is 18.0 Å². The van der Waals surface area contributed by atoms with Crippen LogP contribution in [0.5, 0.6) is 5.75 Å². The first kappa shape index (κ1) is 53.7. The van der Waals surface area contributed by atoms with Crippen LogP contribution in [0.25, 0.3) is 33.3 Å². The molecule has 0 aliphatic carbocycles. The Labute approximate surface area is 426 Å². The predicted molar refractivity (Wildman–Crippen MR) is 274 cm³/mol. The number of hydrogen-bond acceptors (Lipinski definition) is 11. The molecule has 73 heavy (non-hydrogen) atoms. The van der Waals surface area contributed by atoms with Gasteiger partial charge in [0, 0.05) is 68.6 Å². The highest BCUT2D eigenvalue weighted by Gasteiger charge is 2.40. The molecule has 4 N–H and O–H groups in total. The van der Waals surface area contributed by atoms with Crippen LogP contribution in [0.1, 0.15) is 70.6 Å². The maximum Gasteiger partial charge on any atom is 0.413 e. The summed E-state index contributed by atoms with van der Waals surface area (Å²) in [7, 11) is 3.23. The first-order valence-corrected chi connectivity index (χ1v) is 25.1. The Balaban J connectivity index is 1.36. The lowest BCUT2D eigenvalue weighted by molar-refractivity contribution is -0.155. The van der Waals surface area contributed by atoms with Gasteiger partial charge in [-0.3, -0.25) is 33.8 Å². The Morgan fingerprint density at radius 2 is 1.79 bits per heavy atom. The quantitative estimate of drug-likeness (QED) is 0.0907. The number of methoxy groups -OCH3 is 1. The smallest absolute Gasteiger partial charge is 0.413 e. The third-order valence-electron chi connectivity index (χ3n) is 14.0. The molecule has 7 rings (SSSR count). The molecular formula is C55H69N7O11. The molecule has 0 spiro atoms. The minimum Gasteiger partial charge on any atom is -0.480 e. The van der Waals surface area contributed by atoms with Gasteiger partial charge in [-0.25, -0.2) is 10.2 Å². The van der Waals surface area contributed by atoms with E-state index < -0.39 is 71.8 Å². The number of aliphatic carboxylic acids is 1. The molecule has 3 aliphatic rings. The molecule has 6 bridgehead atoms. The van der Waals surface area contributed by atoms with Crippen molar-refractivity contribution >= 4 is 52.6 Å². The van der Waals surface area contributed by atoms with Crippen LogP contribution in [0.4, 0.5) is 4.79 Å². The van der Waals surface area contributed by atoms with Gasteiger partial charge in [0.25, 0.3) is 5.91 Å². The molecule has 1 aromatic heterocycles. The van der Waals surface area contributed by atoms with Crippen LogP contribution in [0.15, 0.2) is 73.3 Å². The summed E-state index contributed by atoms with van der Waals surface area (Å²) in [5.74, 6) is -4.46. The number of carboxylic acid groups (broad SMARTS) is 1. The summed E-state index contributed by atoms with van der Waals surface area (Å²) in [5.41, 5.74) is 9.53. The zero-order valence-electron chi connectivity index (χ0n) is 43.0. The summed E-state index contributed by atoms with van der Waals surface area (Å²) in [6.45, 7) is 14.7. The Kier molecular flexibility index (Phi) is 17.1. The van der Waals surface area contributed by atoms with Gasteiger partial charge in [-0.05, 0) is 103 Å². The van der Waals surface area contributed by atoms with Crippen molar-refractivity contribution in [2.45, 2.75) is 97.8 Å². The molecule has 4 heterocycles. The van der Waals surface area contributed by atoms with Crippen LogP contribution in [0.3, 0.4) is 0 Å². The van der Waals surface area contributed by atoms with Crippen molar-refractivity contribution in [3.63, 3.8) is 0 Å². The number of likely N-dealkylation sites (tertiary alicyclic amines) is 1. The van der Waals surface area contributed by atoms with Crippen molar-refractivity contribution in [3.05, 3.63) is 90.0 Å². The molecule has 0 saturated carbocycles. The number of carboxylic acids is 1. The highest BCUT2D eigenvalue weighted by molar-refractivity contribution is 5.96. The average molecular weight is 1000 g/mol. The van der Waals surface area contributed by atoms with E-state index in [0.717, 1.165) is 38.9 Å². The highest BCUT2D eigenvalue weighted by atomic mass is 16.6. The van der Waals surface area contributed by atoms with E-state index in [1.54, 1.807) is 45.0 Å². The third-order valence-corrected chi connectivity index (χ3v) is 14.0. The fraction of sp³-hybridized carbons (Fsp3) is 0.473. The number of ether oxygens (including phenoxy) is 3. The van der Waals surface area contributed by atoms with E-state index in [0.29, 0.717) is 62.9 Å². The van der Waals surface area contributed by atoms with Gasteiger partial charge in [-0.1, -0.05) is 70.7 Å². The lowest BCUT2D eigenvalue weighted by Gasteiger charge is -2.37. The number of nitrogens with zero attached hydrogens (tertiary/aromatic N) is 4.